The maximum atomic E-state index is 12.5. The summed E-state index contributed by atoms with van der Waals surface area (Å²) in [6.07, 6.45) is 77.3. The van der Waals surface area contributed by atoms with Gasteiger partial charge in [-0.15, -0.1) is 0 Å². The van der Waals surface area contributed by atoms with Crippen LogP contribution in [0.5, 0.6) is 0 Å². The Hall–Kier alpha value is -1.14. The predicted octanol–water partition coefficient (Wildman–Crippen LogP) is 21.8. The number of aliphatic hydroxyl groups is 2. The summed E-state index contributed by atoms with van der Waals surface area (Å²) in [5.41, 5.74) is 0. The second-order valence-electron chi connectivity index (χ2n) is 23.9. The van der Waals surface area contributed by atoms with Gasteiger partial charge in [0.1, 0.15) is 0 Å². The topological polar surface area (TPSA) is 95.9 Å². The number of rotatable bonds is 65. The van der Waals surface area contributed by atoms with Gasteiger partial charge in [-0.3, -0.25) is 9.59 Å². The molecule has 6 heteroatoms. The Morgan fingerprint density at radius 1 is 0.324 bits per heavy atom. The monoisotopic (exact) mass is 1050 g/mol. The zero-order valence-electron chi connectivity index (χ0n) is 50.6. The van der Waals surface area contributed by atoms with Crippen LogP contribution in [0, 0.1) is 0 Å². The fourth-order valence-electron chi connectivity index (χ4n) is 11.2. The zero-order chi connectivity index (χ0) is 53.6. The van der Waals surface area contributed by atoms with Crippen molar-refractivity contribution in [2.75, 3.05) is 13.2 Å². The second-order valence-corrected chi connectivity index (χ2v) is 23.9. The lowest BCUT2D eigenvalue weighted by molar-refractivity contribution is -0.143. The fraction of sp³-hybridized carbons (Fsp3) is 0.971. The summed E-state index contributed by atoms with van der Waals surface area (Å²) in [5.74, 6) is -0.00598. The molecular formula is C68H135NO5. The minimum absolute atomic E-state index is 0.0243. The summed E-state index contributed by atoms with van der Waals surface area (Å²) < 4.78 is 5.51. The standard InChI is InChI=1S/C68H135NO5/c1-3-5-7-9-11-13-15-16-17-18-32-35-38-42-46-50-54-58-62-68(73)74-63-59-55-51-47-43-39-36-33-30-28-26-24-22-20-19-21-23-25-27-29-31-34-37-41-45-49-53-57-61-67(72)69-65(64-70)66(71)60-56-52-48-44-40-14-12-10-8-6-4-2/h65-66,70-71H,3-64H2,1-2H3,(H,69,72). The van der Waals surface area contributed by atoms with Gasteiger partial charge in [0.15, 0.2) is 0 Å². The van der Waals surface area contributed by atoms with Crippen molar-refractivity contribution < 1.29 is 24.5 Å². The molecule has 2 atom stereocenters. The molecule has 0 spiro atoms. The van der Waals surface area contributed by atoms with E-state index in [0.717, 1.165) is 38.5 Å². The normalized spacial score (nSPS) is 12.4. The lowest BCUT2D eigenvalue weighted by Crippen LogP contribution is -2.45. The molecule has 0 rings (SSSR count). The fourth-order valence-corrected chi connectivity index (χ4v) is 11.2. The Bertz CT molecular complexity index is 1070. The molecule has 74 heavy (non-hydrogen) atoms. The van der Waals surface area contributed by atoms with Crippen molar-refractivity contribution in [1.82, 2.24) is 5.32 Å². The van der Waals surface area contributed by atoms with Gasteiger partial charge in [0.25, 0.3) is 0 Å². The van der Waals surface area contributed by atoms with Crippen LogP contribution in [-0.2, 0) is 14.3 Å². The molecule has 0 saturated heterocycles. The summed E-state index contributed by atoms with van der Waals surface area (Å²) in [4.78, 5) is 24.6. The molecule has 1 amide bonds. The quantitative estimate of drug-likeness (QED) is 0.0417. The average molecular weight is 1050 g/mol. The zero-order valence-corrected chi connectivity index (χ0v) is 50.6. The van der Waals surface area contributed by atoms with E-state index >= 15 is 0 Å². The summed E-state index contributed by atoms with van der Waals surface area (Å²) in [6.45, 7) is 4.99. The highest BCUT2D eigenvalue weighted by Gasteiger charge is 2.20. The maximum absolute atomic E-state index is 12.5. The maximum Gasteiger partial charge on any atom is 0.305 e. The Labute approximate surface area is 464 Å². The lowest BCUT2D eigenvalue weighted by Gasteiger charge is -2.22. The Balaban J connectivity index is 3.29. The van der Waals surface area contributed by atoms with Gasteiger partial charge in [0.2, 0.25) is 5.91 Å². The van der Waals surface area contributed by atoms with Crippen molar-refractivity contribution >= 4 is 11.9 Å². The highest BCUT2D eigenvalue weighted by molar-refractivity contribution is 5.76. The molecule has 0 bridgehead atoms. The third-order valence-corrected chi connectivity index (χ3v) is 16.4. The molecule has 0 aromatic rings. The highest BCUT2D eigenvalue weighted by atomic mass is 16.5. The Morgan fingerprint density at radius 3 is 0.824 bits per heavy atom. The predicted molar refractivity (Wildman–Crippen MR) is 324 cm³/mol. The summed E-state index contributed by atoms with van der Waals surface area (Å²) in [7, 11) is 0. The molecule has 0 aliphatic heterocycles. The van der Waals surface area contributed by atoms with Crippen LogP contribution < -0.4 is 5.32 Å². The summed E-state index contributed by atoms with van der Waals surface area (Å²) in [6, 6.07) is -0.536. The molecule has 0 heterocycles. The average Bonchev–Trinajstić information content (AvgIpc) is 3.40. The molecule has 0 saturated carbocycles. The second kappa shape index (κ2) is 64.4. The molecule has 0 aliphatic carbocycles. The molecule has 0 aliphatic rings. The van der Waals surface area contributed by atoms with Crippen LogP contribution in [0.4, 0.5) is 0 Å². The molecule has 2 unspecified atom stereocenters. The van der Waals surface area contributed by atoms with Crippen molar-refractivity contribution in [1.29, 1.82) is 0 Å². The summed E-state index contributed by atoms with van der Waals surface area (Å²) in [5, 5.41) is 23.2. The minimum atomic E-state index is -0.659. The molecule has 0 aromatic heterocycles. The highest BCUT2D eigenvalue weighted by Crippen LogP contribution is 2.19. The van der Waals surface area contributed by atoms with Crippen LogP contribution in [0.2, 0.25) is 0 Å². The number of aliphatic hydroxyl groups excluding tert-OH is 2. The van der Waals surface area contributed by atoms with Gasteiger partial charge in [-0.1, -0.05) is 361 Å². The Kier molecular flexibility index (Phi) is 63.4. The smallest absolute Gasteiger partial charge is 0.305 e. The van der Waals surface area contributed by atoms with Crippen molar-refractivity contribution in [3.05, 3.63) is 0 Å². The van der Waals surface area contributed by atoms with Crippen LogP contribution in [0.1, 0.15) is 399 Å². The van der Waals surface area contributed by atoms with E-state index < -0.39 is 12.1 Å². The summed E-state index contributed by atoms with van der Waals surface area (Å²) >= 11 is 0. The molecule has 0 fully saturated rings. The van der Waals surface area contributed by atoms with Gasteiger partial charge in [-0.05, 0) is 25.7 Å². The number of hydrogen-bond acceptors (Lipinski definition) is 5. The molecule has 0 radical (unpaired) electrons. The number of unbranched alkanes of at least 4 members (excludes halogenated alkanes) is 54. The first-order chi connectivity index (χ1) is 36.5. The van der Waals surface area contributed by atoms with Gasteiger partial charge >= 0.3 is 5.97 Å². The van der Waals surface area contributed by atoms with Gasteiger partial charge in [-0.2, -0.15) is 0 Å². The van der Waals surface area contributed by atoms with Crippen molar-refractivity contribution in [2.45, 2.75) is 411 Å². The van der Waals surface area contributed by atoms with Crippen molar-refractivity contribution in [3.8, 4) is 0 Å². The number of carbonyl (C=O) groups excluding carboxylic acids is 2. The lowest BCUT2D eigenvalue weighted by atomic mass is 10.0. The molecular weight excluding hydrogens is 911 g/mol. The van der Waals surface area contributed by atoms with Crippen molar-refractivity contribution in [2.24, 2.45) is 0 Å². The number of carbonyl (C=O) groups is 2. The third kappa shape index (κ3) is 60.1. The van der Waals surface area contributed by atoms with Gasteiger partial charge in [0.05, 0.1) is 25.4 Å². The number of hydrogen-bond donors (Lipinski definition) is 3. The van der Waals surface area contributed by atoms with E-state index in [1.807, 2.05) is 0 Å². The number of ether oxygens (including phenoxy) is 1. The van der Waals surface area contributed by atoms with Gasteiger partial charge < -0.3 is 20.3 Å². The first-order valence-electron chi connectivity index (χ1n) is 34.3. The minimum Gasteiger partial charge on any atom is -0.466 e. The number of nitrogens with one attached hydrogen (secondary N) is 1. The molecule has 442 valence electrons. The van der Waals surface area contributed by atoms with E-state index in [1.165, 1.54) is 327 Å². The van der Waals surface area contributed by atoms with Crippen LogP contribution in [0.15, 0.2) is 0 Å². The van der Waals surface area contributed by atoms with Crippen LogP contribution in [0.25, 0.3) is 0 Å². The van der Waals surface area contributed by atoms with E-state index in [4.69, 9.17) is 4.74 Å². The van der Waals surface area contributed by atoms with E-state index in [9.17, 15) is 19.8 Å². The van der Waals surface area contributed by atoms with E-state index in [0.29, 0.717) is 25.9 Å². The first kappa shape index (κ1) is 72.9. The van der Waals surface area contributed by atoms with Gasteiger partial charge in [0, 0.05) is 12.8 Å². The van der Waals surface area contributed by atoms with Gasteiger partial charge in [-0.25, -0.2) is 0 Å². The number of esters is 1. The number of amides is 1. The van der Waals surface area contributed by atoms with E-state index in [2.05, 4.69) is 19.2 Å². The third-order valence-electron chi connectivity index (χ3n) is 16.4. The molecule has 6 nitrogen and oxygen atoms in total. The van der Waals surface area contributed by atoms with E-state index in [-0.39, 0.29) is 18.5 Å². The van der Waals surface area contributed by atoms with Crippen LogP contribution >= 0.6 is 0 Å². The van der Waals surface area contributed by atoms with Crippen LogP contribution in [0.3, 0.4) is 0 Å². The Morgan fingerprint density at radius 2 is 0.554 bits per heavy atom. The molecule has 0 aromatic carbocycles. The van der Waals surface area contributed by atoms with E-state index in [1.54, 1.807) is 0 Å². The largest absolute Gasteiger partial charge is 0.466 e. The van der Waals surface area contributed by atoms with Crippen LogP contribution in [-0.4, -0.2) is 47.4 Å². The SMILES string of the molecule is CCCCCCCCCCCCCCCCCCCCC(=O)OCCCCCCCCCCCCCCCCCCCCCCCCCCCCCCC(=O)NC(CO)C(O)CCCCCCCCCCCCC. The first-order valence-corrected chi connectivity index (χ1v) is 34.3. The molecule has 3 N–H and O–H groups in total. The van der Waals surface area contributed by atoms with Crippen molar-refractivity contribution in [3.63, 3.8) is 0 Å².